The lowest BCUT2D eigenvalue weighted by Crippen LogP contribution is -3.06. The predicted molar refractivity (Wildman–Crippen MR) is 79.3 cm³/mol. The molecule has 0 saturated carbocycles. The van der Waals surface area contributed by atoms with Gasteiger partial charge >= 0.3 is 6.03 Å². The van der Waals surface area contributed by atoms with Crippen molar-refractivity contribution in [1.82, 2.24) is 10.2 Å². The maximum absolute atomic E-state index is 12.3. The molecule has 0 spiro atoms. The van der Waals surface area contributed by atoms with Gasteiger partial charge in [0.25, 0.3) is 0 Å². The van der Waals surface area contributed by atoms with Crippen LogP contribution in [0, 0.1) is 5.92 Å². The first-order valence-corrected chi connectivity index (χ1v) is 7.34. The Balaban J connectivity index is 2.81. The highest BCUT2D eigenvalue weighted by Crippen LogP contribution is 2.13. The van der Waals surface area contributed by atoms with Gasteiger partial charge in [0, 0.05) is 12.3 Å². The summed E-state index contributed by atoms with van der Waals surface area (Å²) in [5, 5.41) is 2.24. The van der Waals surface area contributed by atoms with Gasteiger partial charge in [-0.15, -0.1) is 0 Å². The molecule has 1 rings (SSSR count). The molecule has 0 aromatic carbocycles. The molecule has 1 atom stereocenters. The van der Waals surface area contributed by atoms with Crippen LogP contribution in [0.4, 0.5) is 4.79 Å². The molecule has 4 amide bonds. The van der Waals surface area contributed by atoms with E-state index in [9.17, 15) is 14.4 Å². The standard InChI is InChI=1S/C14H24N4O3/c1-5-6-8-18-13(20)11(12(19)16-14(18)21)10(2)15-7-9-17(3)4/h11H,5-9H2,1-4H3,(H,16,19,21)/p+1/t11-/m1/s1. The van der Waals surface area contributed by atoms with E-state index in [1.165, 1.54) is 4.90 Å². The number of amides is 4. The molecule has 2 N–H and O–H groups in total. The number of nitrogens with zero attached hydrogens (tertiary/aromatic N) is 2. The topological polar surface area (TPSA) is 83.3 Å². The monoisotopic (exact) mass is 297 g/mol. The number of quaternary nitrogens is 1. The predicted octanol–water partition coefficient (Wildman–Crippen LogP) is -0.913. The minimum absolute atomic E-state index is 0.333. The Morgan fingerprint density at radius 1 is 1.33 bits per heavy atom. The Hall–Kier alpha value is -1.76. The number of barbiturate groups is 1. The van der Waals surface area contributed by atoms with Crippen LogP contribution >= 0.6 is 0 Å². The Kier molecular flexibility index (Phi) is 6.48. The van der Waals surface area contributed by atoms with Crippen LogP contribution in [0.1, 0.15) is 26.7 Å². The van der Waals surface area contributed by atoms with Gasteiger partial charge in [-0.1, -0.05) is 13.3 Å². The molecule has 118 valence electrons. The van der Waals surface area contributed by atoms with Crippen LogP contribution in [0.15, 0.2) is 4.99 Å². The van der Waals surface area contributed by atoms with Crippen molar-refractivity contribution < 1.29 is 19.3 Å². The maximum Gasteiger partial charge on any atom is 0.330 e. The molecule has 0 unspecified atom stereocenters. The zero-order valence-electron chi connectivity index (χ0n) is 13.2. The number of rotatable bonds is 7. The normalized spacial score (nSPS) is 20.2. The van der Waals surface area contributed by atoms with Crippen LogP contribution in [0.2, 0.25) is 0 Å². The van der Waals surface area contributed by atoms with Gasteiger partial charge in [-0.25, -0.2) is 4.79 Å². The molecule has 7 heteroatoms. The second-order valence-corrected chi connectivity index (χ2v) is 5.55. The summed E-state index contributed by atoms with van der Waals surface area (Å²) < 4.78 is 0. The molecule has 1 heterocycles. The Bertz CT molecular complexity index is 446. The molecule has 0 aromatic rings. The molecule has 1 fully saturated rings. The largest absolute Gasteiger partial charge is 0.338 e. The van der Waals surface area contributed by atoms with E-state index < -0.39 is 23.8 Å². The second-order valence-electron chi connectivity index (χ2n) is 5.55. The molecular weight excluding hydrogens is 272 g/mol. The van der Waals surface area contributed by atoms with E-state index in [0.717, 1.165) is 24.3 Å². The molecule has 7 nitrogen and oxygen atoms in total. The third-order valence-electron chi connectivity index (χ3n) is 3.38. The van der Waals surface area contributed by atoms with Crippen molar-refractivity contribution in [2.45, 2.75) is 26.7 Å². The summed E-state index contributed by atoms with van der Waals surface area (Å²) in [6.45, 7) is 5.35. The van der Waals surface area contributed by atoms with Gasteiger partial charge < -0.3 is 4.90 Å². The molecular formula is C14H25N4O3+. The molecule has 0 bridgehead atoms. The summed E-state index contributed by atoms with van der Waals surface area (Å²) in [5.74, 6) is -2.01. The smallest absolute Gasteiger partial charge is 0.330 e. The molecule has 1 aliphatic rings. The summed E-state index contributed by atoms with van der Waals surface area (Å²) in [4.78, 5) is 42.6. The van der Waals surface area contributed by atoms with Crippen LogP contribution < -0.4 is 10.2 Å². The lowest BCUT2D eigenvalue weighted by molar-refractivity contribution is -0.856. The highest BCUT2D eigenvalue weighted by molar-refractivity contribution is 6.27. The lowest BCUT2D eigenvalue weighted by Gasteiger charge is -2.30. The number of hydrogen-bond donors (Lipinski definition) is 2. The number of aliphatic imine (C=N–C) groups is 1. The SMILES string of the molecule is CCCCN1C(=O)NC(=O)[C@@H](C(C)=NCC[NH+](C)C)C1=O. The van der Waals surface area contributed by atoms with Crippen molar-refractivity contribution in [3.05, 3.63) is 0 Å². The number of carbonyl (C=O) groups excluding carboxylic acids is 3. The molecule has 0 aromatic heterocycles. The van der Waals surface area contributed by atoms with E-state index in [1.807, 2.05) is 21.0 Å². The zero-order valence-corrected chi connectivity index (χ0v) is 13.2. The Morgan fingerprint density at radius 2 is 2.00 bits per heavy atom. The molecule has 1 saturated heterocycles. The van der Waals surface area contributed by atoms with E-state index in [1.54, 1.807) is 6.92 Å². The fourth-order valence-corrected chi connectivity index (χ4v) is 2.06. The summed E-state index contributed by atoms with van der Waals surface area (Å²) in [6, 6.07) is -0.625. The van der Waals surface area contributed by atoms with Crippen molar-refractivity contribution in [3.63, 3.8) is 0 Å². The van der Waals surface area contributed by atoms with Gasteiger partial charge in [0.05, 0.1) is 27.2 Å². The van der Waals surface area contributed by atoms with Crippen LogP contribution in [0.3, 0.4) is 0 Å². The second kappa shape index (κ2) is 7.87. The number of hydrogen-bond acceptors (Lipinski definition) is 4. The minimum atomic E-state index is -0.975. The highest BCUT2D eigenvalue weighted by Gasteiger charge is 2.41. The van der Waals surface area contributed by atoms with E-state index in [4.69, 9.17) is 0 Å². The molecule has 0 radical (unpaired) electrons. The van der Waals surface area contributed by atoms with Crippen molar-refractivity contribution >= 4 is 23.6 Å². The summed E-state index contributed by atoms with van der Waals surface area (Å²) in [7, 11) is 4.02. The Labute approximate surface area is 125 Å². The van der Waals surface area contributed by atoms with Gasteiger partial charge in [0.1, 0.15) is 0 Å². The first-order chi connectivity index (χ1) is 9.88. The van der Waals surface area contributed by atoms with Gasteiger partial charge in [-0.3, -0.25) is 24.8 Å². The fourth-order valence-electron chi connectivity index (χ4n) is 2.06. The van der Waals surface area contributed by atoms with Crippen LogP contribution in [0.5, 0.6) is 0 Å². The average Bonchev–Trinajstić information content (AvgIpc) is 2.37. The first kappa shape index (κ1) is 17.3. The van der Waals surface area contributed by atoms with Gasteiger partial charge in [0.15, 0.2) is 5.92 Å². The van der Waals surface area contributed by atoms with Gasteiger partial charge in [-0.05, 0) is 13.3 Å². The van der Waals surface area contributed by atoms with E-state index in [-0.39, 0.29) is 0 Å². The lowest BCUT2D eigenvalue weighted by atomic mass is 9.99. The Morgan fingerprint density at radius 3 is 2.57 bits per heavy atom. The molecule has 0 aliphatic carbocycles. The average molecular weight is 297 g/mol. The number of likely N-dealkylation sites (N-methyl/N-ethyl adjacent to an activating group) is 1. The summed E-state index contributed by atoms with van der Waals surface area (Å²) >= 11 is 0. The van der Waals surface area contributed by atoms with E-state index in [2.05, 4.69) is 10.3 Å². The van der Waals surface area contributed by atoms with Gasteiger partial charge in [0.2, 0.25) is 11.8 Å². The van der Waals surface area contributed by atoms with E-state index in [0.29, 0.717) is 18.8 Å². The minimum Gasteiger partial charge on any atom is -0.338 e. The fraction of sp³-hybridized carbons (Fsp3) is 0.714. The number of imide groups is 2. The summed E-state index contributed by atoms with van der Waals surface area (Å²) in [6.07, 6.45) is 1.59. The van der Waals surface area contributed by atoms with Crippen molar-refractivity contribution in [2.75, 3.05) is 33.7 Å². The molecule has 21 heavy (non-hydrogen) atoms. The number of carbonyl (C=O) groups is 3. The maximum atomic E-state index is 12.3. The van der Waals surface area contributed by atoms with Crippen molar-refractivity contribution in [1.29, 1.82) is 0 Å². The van der Waals surface area contributed by atoms with Crippen LogP contribution in [-0.2, 0) is 9.59 Å². The van der Waals surface area contributed by atoms with Crippen LogP contribution in [0.25, 0.3) is 0 Å². The van der Waals surface area contributed by atoms with Crippen molar-refractivity contribution in [3.8, 4) is 0 Å². The molecule has 1 aliphatic heterocycles. The zero-order chi connectivity index (χ0) is 16.0. The number of unbranched alkanes of at least 4 members (excludes halogenated alkanes) is 1. The van der Waals surface area contributed by atoms with Crippen LogP contribution in [-0.4, -0.2) is 62.2 Å². The quantitative estimate of drug-likeness (QED) is 0.471. The summed E-state index contributed by atoms with van der Waals surface area (Å²) in [5.41, 5.74) is 0.466. The third kappa shape index (κ3) is 4.63. The highest BCUT2D eigenvalue weighted by atomic mass is 16.2. The number of urea groups is 1. The number of nitrogens with one attached hydrogen (secondary N) is 2. The van der Waals surface area contributed by atoms with Gasteiger partial charge in [-0.2, -0.15) is 0 Å². The van der Waals surface area contributed by atoms with E-state index >= 15 is 0 Å². The third-order valence-corrected chi connectivity index (χ3v) is 3.38. The first-order valence-electron chi connectivity index (χ1n) is 7.34. The van der Waals surface area contributed by atoms with Crippen molar-refractivity contribution in [2.24, 2.45) is 10.9 Å².